The second kappa shape index (κ2) is 8.88. The fourth-order valence-corrected chi connectivity index (χ4v) is 1.40. The summed E-state index contributed by atoms with van der Waals surface area (Å²) >= 11 is 0. The predicted molar refractivity (Wildman–Crippen MR) is 64.1 cm³/mol. The molecular formula is C12H22O6. The molecular weight excluding hydrogens is 240 g/mol. The topological polar surface area (TPSA) is 71.1 Å². The number of esters is 2. The van der Waals surface area contributed by atoms with Crippen molar-refractivity contribution in [3.8, 4) is 0 Å². The second-order valence-electron chi connectivity index (χ2n) is 3.98. The normalized spacial score (nSPS) is 15.6. The molecule has 0 amide bonds. The summed E-state index contributed by atoms with van der Waals surface area (Å²) in [6.45, 7) is 4.59. The maximum absolute atomic E-state index is 11.0. The largest absolute Gasteiger partial charge is 0.463 e. The minimum atomic E-state index is -0.437. The zero-order valence-electron chi connectivity index (χ0n) is 11.6. The summed E-state index contributed by atoms with van der Waals surface area (Å²) < 4.78 is 20.4. The van der Waals surface area contributed by atoms with Crippen LogP contribution in [0.2, 0.25) is 0 Å². The molecule has 0 unspecified atom stereocenters. The molecule has 0 aliphatic rings. The number of ether oxygens (including phenoxy) is 4. The Hall–Kier alpha value is -1.14. The molecule has 18 heavy (non-hydrogen) atoms. The monoisotopic (exact) mass is 262 g/mol. The maximum atomic E-state index is 11.0. The Morgan fingerprint density at radius 3 is 2.06 bits per heavy atom. The van der Waals surface area contributed by atoms with Crippen molar-refractivity contribution in [1.29, 1.82) is 0 Å². The van der Waals surface area contributed by atoms with Gasteiger partial charge in [0.2, 0.25) is 0 Å². The molecule has 6 nitrogen and oxygen atoms in total. The van der Waals surface area contributed by atoms with Crippen LogP contribution in [0.25, 0.3) is 0 Å². The Labute approximate surface area is 108 Å². The van der Waals surface area contributed by atoms with Gasteiger partial charge >= 0.3 is 11.9 Å². The van der Waals surface area contributed by atoms with Crippen molar-refractivity contribution < 1.29 is 28.5 Å². The van der Waals surface area contributed by atoms with E-state index in [4.69, 9.17) is 18.9 Å². The first-order valence-corrected chi connectivity index (χ1v) is 5.76. The summed E-state index contributed by atoms with van der Waals surface area (Å²) in [5.41, 5.74) is 0. The van der Waals surface area contributed by atoms with Crippen LogP contribution in [0, 0.1) is 0 Å². The molecule has 0 fully saturated rings. The van der Waals surface area contributed by atoms with E-state index in [1.54, 1.807) is 6.92 Å². The molecule has 0 rings (SSSR count). The van der Waals surface area contributed by atoms with Gasteiger partial charge in [0.05, 0.1) is 12.2 Å². The summed E-state index contributed by atoms with van der Waals surface area (Å²) in [5, 5.41) is 0. The smallest absolute Gasteiger partial charge is 0.302 e. The second-order valence-corrected chi connectivity index (χ2v) is 3.98. The van der Waals surface area contributed by atoms with Gasteiger partial charge in [-0.15, -0.1) is 0 Å². The number of methoxy groups -OCH3 is 2. The third-order valence-electron chi connectivity index (χ3n) is 2.51. The highest BCUT2D eigenvalue weighted by atomic mass is 16.6. The first kappa shape index (κ1) is 16.9. The van der Waals surface area contributed by atoms with Crippen molar-refractivity contribution in [1.82, 2.24) is 0 Å². The van der Waals surface area contributed by atoms with Gasteiger partial charge in [-0.1, -0.05) is 0 Å². The van der Waals surface area contributed by atoms with Gasteiger partial charge < -0.3 is 18.9 Å². The molecule has 6 heteroatoms. The number of hydrogen-bond donors (Lipinski definition) is 0. The van der Waals surface area contributed by atoms with Gasteiger partial charge in [0.15, 0.2) is 0 Å². The number of hydrogen-bond acceptors (Lipinski definition) is 6. The van der Waals surface area contributed by atoms with Gasteiger partial charge in [-0.05, 0) is 6.92 Å². The molecule has 0 bridgehead atoms. The molecule has 3 atom stereocenters. The lowest BCUT2D eigenvalue weighted by molar-refractivity contribution is -0.158. The van der Waals surface area contributed by atoms with E-state index >= 15 is 0 Å². The van der Waals surface area contributed by atoms with Gasteiger partial charge in [0.1, 0.15) is 12.7 Å². The van der Waals surface area contributed by atoms with Crippen LogP contribution in [0.4, 0.5) is 0 Å². The Balaban J connectivity index is 4.41. The van der Waals surface area contributed by atoms with Crippen LogP contribution < -0.4 is 0 Å². The molecule has 0 saturated heterocycles. The fourth-order valence-electron chi connectivity index (χ4n) is 1.40. The van der Waals surface area contributed by atoms with E-state index in [-0.39, 0.29) is 30.8 Å². The number of carbonyl (C=O) groups excluding carboxylic acids is 2. The molecule has 0 aromatic carbocycles. The van der Waals surface area contributed by atoms with E-state index in [1.807, 2.05) is 0 Å². The Kier molecular flexibility index (Phi) is 8.32. The van der Waals surface area contributed by atoms with E-state index in [2.05, 4.69) is 0 Å². The quantitative estimate of drug-likeness (QED) is 0.606. The lowest BCUT2D eigenvalue weighted by Crippen LogP contribution is -2.35. The lowest BCUT2D eigenvalue weighted by Gasteiger charge is -2.26. The van der Waals surface area contributed by atoms with E-state index in [0.717, 1.165) is 0 Å². The van der Waals surface area contributed by atoms with Crippen LogP contribution in [0.5, 0.6) is 0 Å². The summed E-state index contributed by atoms with van der Waals surface area (Å²) in [4.78, 5) is 21.7. The van der Waals surface area contributed by atoms with Crippen molar-refractivity contribution in [3.05, 3.63) is 0 Å². The molecule has 0 spiro atoms. The molecule has 0 aliphatic heterocycles. The lowest BCUT2D eigenvalue weighted by atomic mass is 10.1. The molecule has 0 aromatic rings. The maximum Gasteiger partial charge on any atom is 0.302 e. The SMILES string of the molecule is CO[C@@H](COC(C)=O)C[C@@H](OC(C)=O)[C@@H](C)OC. The van der Waals surface area contributed by atoms with Crippen LogP contribution in [0.15, 0.2) is 0 Å². The molecule has 106 valence electrons. The summed E-state index contributed by atoms with van der Waals surface area (Å²) in [7, 11) is 3.05. The summed E-state index contributed by atoms with van der Waals surface area (Å²) in [6.07, 6.45) is -0.633. The average molecular weight is 262 g/mol. The van der Waals surface area contributed by atoms with E-state index in [0.29, 0.717) is 6.42 Å². The molecule has 0 heterocycles. The highest BCUT2D eigenvalue weighted by Gasteiger charge is 2.25. The molecule has 0 aliphatic carbocycles. The van der Waals surface area contributed by atoms with Gasteiger partial charge in [-0.25, -0.2) is 0 Å². The van der Waals surface area contributed by atoms with Gasteiger partial charge in [0, 0.05) is 34.5 Å². The van der Waals surface area contributed by atoms with Gasteiger partial charge in [-0.2, -0.15) is 0 Å². The van der Waals surface area contributed by atoms with Crippen molar-refractivity contribution in [2.24, 2.45) is 0 Å². The zero-order chi connectivity index (χ0) is 14.1. The third kappa shape index (κ3) is 7.24. The van der Waals surface area contributed by atoms with E-state index in [9.17, 15) is 9.59 Å². The minimum absolute atomic E-state index is 0.125. The molecule has 0 aromatic heterocycles. The first-order chi connectivity index (χ1) is 8.40. The van der Waals surface area contributed by atoms with Crippen LogP contribution in [-0.4, -0.2) is 51.1 Å². The number of rotatable bonds is 8. The average Bonchev–Trinajstić information content (AvgIpc) is 2.31. The van der Waals surface area contributed by atoms with Gasteiger partial charge in [0.25, 0.3) is 0 Å². The highest BCUT2D eigenvalue weighted by molar-refractivity contribution is 5.66. The predicted octanol–water partition coefficient (Wildman–Crippen LogP) is 0.921. The standard InChI is InChI=1S/C12H22O6/c1-8(15-4)12(18-10(3)14)6-11(16-5)7-17-9(2)13/h8,11-12H,6-7H2,1-5H3/t8-,11-,12-/m1/s1. The molecule has 0 saturated carbocycles. The van der Waals surface area contributed by atoms with Crippen LogP contribution in [0.3, 0.4) is 0 Å². The van der Waals surface area contributed by atoms with Crippen molar-refractivity contribution >= 4 is 11.9 Å². The number of carbonyl (C=O) groups is 2. The van der Waals surface area contributed by atoms with Crippen LogP contribution in [0.1, 0.15) is 27.2 Å². The first-order valence-electron chi connectivity index (χ1n) is 5.76. The Bertz CT molecular complexity index is 265. The fraction of sp³-hybridized carbons (Fsp3) is 0.833. The minimum Gasteiger partial charge on any atom is -0.463 e. The van der Waals surface area contributed by atoms with Crippen molar-refractivity contribution in [2.45, 2.75) is 45.5 Å². The molecule has 0 radical (unpaired) electrons. The van der Waals surface area contributed by atoms with Crippen molar-refractivity contribution in [3.63, 3.8) is 0 Å². The Morgan fingerprint density at radius 1 is 1.06 bits per heavy atom. The Morgan fingerprint density at radius 2 is 1.67 bits per heavy atom. The summed E-state index contributed by atoms with van der Waals surface area (Å²) in [6, 6.07) is 0. The van der Waals surface area contributed by atoms with E-state index in [1.165, 1.54) is 28.1 Å². The van der Waals surface area contributed by atoms with Crippen molar-refractivity contribution in [2.75, 3.05) is 20.8 Å². The van der Waals surface area contributed by atoms with Gasteiger partial charge in [-0.3, -0.25) is 9.59 Å². The molecule has 0 N–H and O–H groups in total. The third-order valence-corrected chi connectivity index (χ3v) is 2.51. The van der Waals surface area contributed by atoms with Crippen LogP contribution in [-0.2, 0) is 28.5 Å². The zero-order valence-corrected chi connectivity index (χ0v) is 11.6. The highest BCUT2D eigenvalue weighted by Crippen LogP contribution is 2.13. The van der Waals surface area contributed by atoms with E-state index < -0.39 is 6.10 Å². The summed E-state index contributed by atoms with van der Waals surface area (Å²) in [5.74, 6) is -0.757. The van der Waals surface area contributed by atoms with Crippen LogP contribution >= 0.6 is 0 Å².